The maximum Gasteiger partial charge on any atom is 0.0540 e. The minimum Gasteiger partial charge on any atom is -0.310 e. The van der Waals surface area contributed by atoms with E-state index in [1.54, 1.807) is 0 Å². The highest BCUT2D eigenvalue weighted by atomic mass is 15.1. The van der Waals surface area contributed by atoms with Gasteiger partial charge in [0.05, 0.1) is 5.69 Å². The smallest absolute Gasteiger partial charge is 0.0540 e. The van der Waals surface area contributed by atoms with E-state index in [1.165, 1.54) is 87.6 Å². The summed E-state index contributed by atoms with van der Waals surface area (Å²) >= 11 is 0. The molecule has 0 N–H and O–H groups in total. The molecule has 0 heterocycles. The first-order valence-corrected chi connectivity index (χ1v) is 19.6. The normalized spacial score (nSPS) is 13.0. The Morgan fingerprint density at radius 3 is 1.75 bits per heavy atom. The quantitative estimate of drug-likeness (QED) is 0.161. The van der Waals surface area contributed by atoms with Crippen molar-refractivity contribution in [1.82, 2.24) is 0 Å². The lowest BCUT2D eigenvalue weighted by atomic mass is 9.82. The summed E-state index contributed by atoms with van der Waals surface area (Å²) in [5, 5.41) is 10.1. The fourth-order valence-electron chi connectivity index (χ4n) is 9.43. The Morgan fingerprint density at radius 2 is 0.911 bits per heavy atom. The standard InChI is InChI=1S/C55H39N/c1-55(2)52-21-11-9-20-48(52)51-34-42(30-32-53(51)55)56(54-22-12-10-17-44(54)40-24-23-36-13-3-4-15-39(36)33-40)41-28-25-38(26-29-41)49-35-50-43-16-6-5-14-37(43)27-31-47(50)45-18-7-8-19-46(45)49/h3-35H,1-2H3. The summed E-state index contributed by atoms with van der Waals surface area (Å²) in [6, 6.07) is 74.1. The van der Waals surface area contributed by atoms with E-state index in [1.807, 2.05) is 0 Å². The van der Waals surface area contributed by atoms with Crippen molar-refractivity contribution < 1.29 is 0 Å². The molecule has 11 rings (SSSR count). The average Bonchev–Trinajstić information content (AvgIpc) is 3.49. The Morgan fingerprint density at radius 1 is 0.321 bits per heavy atom. The van der Waals surface area contributed by atoms with Crippen LogP contribution in [0, 0.1) is 0 Å². The van der Waals surface area contributed by atoms with Gasteiger partial charge in [0.25, 0.3) is 0 Å². The van der Waals surface area contributed by atoms with E-state index < -0.39 is 0 Å². The Labute approximate surface area is 327 Å². The third kappa shape index (κ3) is 5.01. The number of rotatable bonds is 5. The van der Waals surface area contributed by atoms with Gasteiger partial charge in [-0.05, 0) is 124 Å². The molecule has 0 bridgehead atoms. The van der Waals surface area contributed by atoms with Crippen LogP contribution < -0.4 is 4.90 Å². The van der Waals surface area contributed by atoms with Crippen LogP contribution in [0.25, 0.3) is 76.5 Å². The van der Waals surface area contributed by atoms with Gasteiger partial charge in [0.15, 0.2) is 0 Å². The van der Waals surface area contributed by atoms with Crippen molar-refractivity contribution in [1.29, 1.82) is 0 Å². The summed E-state index contributed by atoms with van der Waals surface area (Å²) in [5.74, 6) is 0. The van der Waals surface area contributed by atoms with E-state index in [2.05, 4.69) is 219 Å². The third-order valence-corrected chi connectivity index (χ3v) is 12.2. The Kier molecular flexibility index (Phi) is 7.28. The lowest BCUT2D eigenvalue weighted by molar-refractivity contribution is 0.660. The van der Waals surface area contributed by atoms with Crippen LogP contribution in [0.4, 0.5) is 17.1 Å². The van der Waals surface area contributed by atoms with Crippen LogP contribution >= 0.6 is 0 Å². The molecule has 0 radical (unpaired) electrons. The van der Waals surface area contributed by atoms with Gasteiger partial charge in [0.1, 0.15) is 0 Å². The van der Waals surface area contributed by atoms with Crippen molar-refractivity contribution in [2.24, 2.45) is 0 Å². The summed E-state index contributed by atoms with van der Waals surface area (Å²) in [6.07, 6.45) is 0. The molecule has 0 saturated heterocycles. The van der Waals surface area contributed by atoms with Gasteiger partial charge in [-0.25, -0.2) is 0 Å². The van der Waals surface area contributed by atoms with Crippen LogP contribution in [0.3, 0.4) is 0 Å². The summed E-state index contributed by atoms with van der Waals surface area (Å²) in [6.45, 7) is 4.70. The molecule has 0 amide bonds. The molecular weight excluding hydrogens is 675 g/mol. The second kappa shape index (κ2) is 12.5. The molecule has 264 valence electrons. The van der Waals surface area contributed by atoms with Crippen LogP contribution in [-0.4, -0.2) is 0 Å². The molecule has 0 saturated carbocycles. The fourth-order valence-corrected chi connectivity index (χ4v) is 9.43. The zero-order chi connectivity index (χ0) is 37.4. The minimum absolute atomic E-state index is 0.0616. The number of benzene rings is 10. The van der Waals surface area contributed by atoms with E-state index in [4.69, 9.17) is 0 Å². The molecule has 1 nitrogen and oxygen atoms in total. The second-order valence-corrected chi connectivity index (χ2v) is 15.7. The number of para-hydroxylation sites is 1. The van der Waals surface area contributed by atoms with Crippen LogP contribution in [-0.2, 0) is 5.41 Å². The lowest BCUT2D eigenvalue weighted by Crippen LogP contribution is -2.15. The zero-order valence-corrected chi connectivity index (χ0v) is 31.5. The molecule has 0 spiro atoms. The molecule has 1 aliphatic carbocycles. The van der Waals surface area contributed by atoms with Crippen molar-refractivity contribution in [2.45, 2.75) is 19.3 Å². The first kappa shape index (κ1) is 32.5. The molecule has 0 unspecified atom stereocenters. The van der Waals surface area contributed by atoms with Crippen LogP contribution in [0.5, 0.6) is 0 Å². The maximum absolute atomic E-state index is 2.45. The molecule has 56 heavy (non-hydrogen) atoms. The Hall–Kier alpha value is -6.96. The van der Waals surface area contributed by atoms with Gasteiger partial charge in [-0.2, -0.15) is 0 Å². The largest absolute Gasteiger partial charge is 0.310 e. The van der Waals surface area contributed by atoms with E-state index in [0.717, 1.165) is 17.1 Å². The van der Waals surface area contributed by atoms with E-state index in [9.17, 15) is 0 Å². The highest BCUT2D eigenvalue weighted by Crippen LogP contribution is 2.51. The maximum atomic E-state index is 2.45. The average molecular weight is 714 g/mol. The van der Waals surface area contributed by atoms with Gasteiger partial charge in [0, 0.05) is 22.4 Å². The van der Waals surface area contributed by atoms with Gasteiger partial charge in [-0.3, -0.25) is 0 Å². The topological polar surface area (TPSA) is 3.24 Å². The van der Waals surface area contributed by atoms with Crippen LogP contribution in [0.1, 0.15) is 25.0 Å². The van der Waals surface area contributed by atoms with E-state index in [-0.39, 0.29) is 5.41 Å². The number of hydrogen-bond donors (Lipinski definition) is 0. The first-order valence-electron chi connectivity index (χ1n) is 19.6. The summed E-state index contributed by atoms with van der Waals surface area (Å²) in [4.78, 5) is 2.45. The predicted molar refractivity (Wildman–Crippen MR) is 240 cm³/mol. The molecule has 0 aliphatic heterocycles. The van der Waals surface area contributed by atoms with Crippen LogP contribution in [0.2, 0.25) is 0 Å². The molecule has 1 aliphatic rings. The van der Waals surface area contributed by atoms with Crippen molar-refractivity contribution in [2.75, 3.05) is 4.90 Å². The van der Waals surface area contributed by atoms with Gasteiger partial charge in [-0.15, -0.1) is 0 Å². The highest BCUT2D eigenvalue weighted by molar-refractivity contribution is 6.21. The molecule has 0 fully saturated rings. The van der Waals surface area contributed by atoms with Gasteiger partial charge in [-0.1, -0.05) is 172 Å². The van der Waals surface area contributed by atoms with Gasteiger partial charge >= 0.3 is 0 Å². The predicted octanol–water partition coefficient (Wildman–Crippen LogP) is 15.4. The minimum atomic E-state index is -0.0616. The lowest BCUT2D eigenvalue weighted by Gasteiger charge is -2.29. The van der Waals surface area contributed by atoms with Crippen molar-refractivity contribution in [3.05, 3.63) is 211 Å². The summed E-state index contributed by atoms with van der Waals surface area (Å²) < 4.78 is 0. The molecule has 10 aromatic carbocycles. The monoisotopic (exact) mass is 713 g/mol. The third-order valence-electron chi connectivity index (χ3n) is 12.2. The van der Waals surface area contributed by atoms with Crippen molar-refractivity contribution in [3.63, 3.8) is 0 Å². The van der Waals surface area contributed by atoms with E-state index in [0.29, 0.717) is 0 Å². The molecule has 0 aromatic heterocycles. The van der Waals surface area contributed by atoms with E-state index >= 15 is 0 Å². The molecule has 1 heteroatoms. The zero-order valence-electron chi connectivity index (χ0n) is 31.5. The van der Waals surface area contributed by atoms with Gasteiger partial charge in [0.2, 0.25) is 0 Å². The SMILES string of the molecule is CC1(C)c2ccccc2-c2cc(N(c3ccc(-c4cc5c6ccccc6ccc5c5ccccc45)cc3)c3ccccc3-c3ccc4ccccc4c3)ccc21. The first-order chi connectivity index (χ1) is 27.5. The number of hydrogen-bond acceptors (Lipinski definition) is 1. The molecular formula is C55H39N. The van der Waals surface area contributed by atoms with Gasteiger partial charge < -0.3 is 4.90 Å². The molecule has 0 atom stereocenters. The van der Waals surface area contributed by atoms with Crippen molar-refractivity contribution in [3.8, 4) is 33.4 Å². The highest BCUT2D eigenvalue weighted by Gasteiger charge is 2.35. The number of nitrogens with zero attached hydrogens (tertiary/aromatic N) is 1. The Balaban J connectivity index is 1.11. The molecule has 10 aromatic rings. The Bertz CT molecular complexity index is 3170. The fraction of sp³-hybridized carbons (Fsp3) is 0.0545. The number of fused-ring (bicyclic) bond motifs is 9. The number of anilines is 3. The van der Waals surface area contributed by atoms with Crippen LogP contribution in [0.15, 0.2) is 200 Å². The van der Waals surface area contributed by atoms with Crippen molar-refractivity contribution >= 4 is 60.2 Å². The summed E-state index contributed by atoms with van der Waals surface area (Å²) in [5.41, 5.74) is 13.6. The summed E-state index contributed by atoms with van der Waals surface area (Å²) in [7, 11) is 0. The second-order valence-electron chi connectivity index (χ2n) is 15.7.